The first-order chi connectivity index (χ1) is 12.2. The van der Waals surface area contributed by atoms with Crippen molar-refractivity contribution in [2.75, 3.05) is 18.6 Å². The summed E-state index contributed by atoms with van der Waals surface area (Å²) in [4.78, 5) is 13.0. The number of nitrogens with zero attached hydrogens (tertiary/aromatic N) is 2. The summed E-state index contributed by atoms with van der Waals surface area (Å²) in [5, 5.41) is 10.9. The number of hydrogen-bond donors (Lipinski definition) is 0. The second-order valence-corrected chi connectivity index (χ2v) is 6.61. The molecule has 5 heteroatoms. The minimum Gasteiger partial charge on any atom is -0.497 e. The van der Waals surface area contributed by atoms with Gasteiger partial charge in [0.25, 0.3) is 5.69 Å². The molecule has 2 aromatic carbocycles. The van der Waals surface area contributed by atoms with E-state index in [1.54, 1.807) is 19.2 Å². The summed E-state index contributed by atoms with van der Waals surface area (Å²) in [5.74, 6) is 0.871. The summed E-state index contributed by atoms with van der Waals surface area (Å²) < 4.78 is 5.40. The van der Waals surface area contributed by atoms with Crippen molar-refractivity contribution < 1.29 is 9.66 Å². The van der Waals surface area contributed by atoms with Crippen molar-refractivity contribution in [2.45, 2.75) is 25.3 Å². The van der Waals surface area contributed by atoms with Gasteiger partial charge in [0, 0.05) is 36.5 Å². The van der Waals surface area contributed by atoms with Gasteiger partial charge in [0.2, 0.25) is 0 Å². The lowest BCUT2D eigenvalue weighted by molar-refractivity contribution is -0.384. The van der Waals surface area contributed by atoms with E-state index in [0.29, 0.717) is 6.04 Å². The smallest absolute Gasteiger partial charge is 0.269 e. The topological polar surface area (TPSA) is 55.6 Å². The van der Waals surface area contributed by atoms with Gasteiger partial charge in [-0.25, -0.2) is 0 Å². The Morgan fingerprint density at radius 1 is 1.16 bits per heavy atom. The Bertz CT molecular complexity index is 839. The van der Waals surface area contributed by atoms with E-state index < -0.39 is 0 Å². The molecule has 0 spiro atoms. The molecule has 0 N–H and O–H groups in total. The fraction of sp³-hybridized carbons (Fsp3) is 0.300. The number of rotatable bonds is 4. The van der Waals surface area contributed by atoms with Gasteiger partial charge in [-0.1, -0.05) is 0 Å². The van der Waals surface area contributed by atoms with Gasteiger partial charge in [0.05, 0.1) is 12.0 Å². The predicted octanol–water partition coefficient (Wildman–Crippen LogP) is 4.52. The van der Waals surface area contributed by atoms with Gasteiger partial charge in [-0.05, 0) is 66.3 Å². The first-order valence-corrected chi connectivity index (χ1v) is 8.56. The molecular weight excluding hydrogens is 316 g/mol. The average molecular weight is 336 g/mol. The van der Waals surface area contributed by atoms with Crippen molar-refractivity contribution in [1.29, 1.82) is 0 Å². The highest BCUT2D eigenvalue weighted by Crippen LogP contribution is 2.40. The summed E-state index contributed by atoms with van der Waals surface area (Å²) in [6.45, 7) is 0.822. The SMILES string of the molecule is COc1ccc2c(c1)N(C1CCC1)CC(c1ccc([N+](=O)[O-])cc1)=C2. The Morgan fingerprint density at radius 2 is 1.92 bits per heavy atom. The van der Waals surface area contributed by atoms with Crippen LogP contribution in [0.4, 0.5) is 11.4 Å². The molecule has 1 aliphatic heterocycles. The number of benzene rings is 2. The lowest BCUT2D eigenvalue weighted by Gasteiger charge is -2.42. The minimum atomic E-state index is -0.360. The first-order valence-electron chi connectivity index (χ1n) is 8.56. The molecule has 128 valence electrons. The zero-order valence-corrected chi connectivity index (χ0v) is 14.1. The van der Waals surface area contributed by atoms with Crippen molar-refractivity contribution in [1.82, 2.24) is 0 Å². The monoisotopic (exact) mass is 336 g/mol. The quantitative estimate of drug-likeness (QED) is 0.608. The van der Waals surface area contributed by atoms with E-state index in [1.165, 1.54) is 36.1 Å². The van der Waals surface area contributed by atoms with Crippen molar-refractivity contribution in [3.63, 3.8) is 0 Å². The minimum absolute atomic E-state index is 0.126. The van der Waals surface area contributed by atoms with Crippen LogP contribution in [0.15, 0.2) is 42.5 Å². The first kappa shape index (κ1) is 15.7. The van der Waals surface area contributed by atoms with Gasteiger partial charge in [0.15, 0.2) is 0 Å². The van der Waals surface area contributed by atoms with E-state index in [1.807, 2.05) is 18.2 Å². The Balaban J connectivity index is 1.73. The summed E-state index contributed by atoms with van der Waals surface area (Å²) >= 11 is 0. The normalized spacial score (nSPS) is 16.7. The standard InChI is InChI=1S/C20H20N2O3/c1-25-19-10-7-15-11-16(14-5-8-18(9-6-14)22(23)24)13-21(20(15)12-19)17-3-2-4-17/h5-12,17H,2-4,13H2,1H3. The Kier molecular flexibility index (Phi) is 3.92. The number of hydrogen-bond acceptors (Lipinski definition) is 4. The number of nitro benzene ring substituents is 1. The summed E-state index contributed by atoms with van der Waals surface area (Å²) in [7, 11) is 1.69. The Morgan fingerprint density at radius 3 is 2.52 bits per heavy atom. The number of anilines is 1. The van der Waals surface area contributed by atoms with Crippen LogP contribution in [0, 0.1) is 10.1 Å². The molecular formula is C20H20N2O3. The van der Waals surface area contributed by atoms with Crippen molar-refractivity contribution in [3.8, 4) is 5.75 Å². The predicted molar refractivity (Wildman–Crippen MR) is 98.9 cm³/mol. The van der Waals surface area contributed by atoms with E-state index in [4.69, 9.17) is 4.74 Å². The van der Waals surface area contributed by atoms with Crippen LogP contribution in [0.25, 0.3) is 11.6 Å². The van der Waals surface area contributed by atoms with Gasteiger partial charge < -0.3 is 9.64 Å². The largest absolute Gasteiger partial charge is 0.497 e. The fourth-order valence-corrected chi connectivity index (χ4v) is 3.52. The Labute approximate surface area is 146 Å². The van der Waals surface area contributed by atoms with Crippen LogP contribution in [0.3, 0.4) is 0 Å². The molecule has 4 rings (SSSR count). The van der Waals surface area contributed by atoms with Gasteiger partial charge in [-0.15, -0.1) is 0 Å². The molecule has 0 atom stereocenters. The highest BCUT2D eigenvalue weighted by atomic mass is 16.6. The second kappa shape index (κ2) is 6.24. The van der Waals surface area contributed by atoms with Crippen LogP contribution < -0.4 is 9.64 Å². The number of methoxy groups -OCH3 is 1. The van der Waals surface area contributed by atoms with E-state index >= 15 is 0 Å². The maximum absolute atomic E-state index is 10.9. The molecule has 0 aromatic heterocycles. The van der Waals surface area contributed by atoms with Crippen molar-refractivity contribution in [2.24, 2.45) is 0 Å². The molecule has 1 heterocycles. The molecule has 1 fully saturated rings. The van der Waals surface area contributed by atoms with Crippen molar-refractivity contribution in [3.05, 3.63) is 63.7 Å². The van der Waals surface area contributed by atoms with E-state index in [0.717, 1.165) is 17.9 Å². The lowest BCUT2D eigenvalue weighted by atomic mass is 9.87. The van der Waals surface area contributed by atoms with Crippen LogP contribution in [-0.4, -0.2) is 24.6 Å². The third kappa shape index (κ3) is 2.86. The van der Waals surface area contributed by atoms with Gasteiger partial charge in [-0.3, -0.25) is 10.1 Å². The maximum Gasteiger partial charge on any atom is 0.269 e. The maximum atomic E-state index is 10.9. The summed E-state index contributed by atoms with van der Waals surface area (Å²) in [6, 6.07) is 13.6. The molecule has 1 aliphatic carbocycles. The molecule has 5 nitrogen and oxygen atoms in total. The number of non-ortho nitro benzene ring substituents is 1. The number of fused-ring (bicyclic) bond motifs is 1. The van der Waals surface area contributed by atoms with Crippen LogP contribution in [0.2, 0.25) is 0 Å². The lowest BCUT2D eigenvalue weighted by Crippen LogP contribution is -2.42. The summed E-state index contributed by atoms with van der Waals surface area (Å²) in [6.07, 6.45) is 5.89. The van der Waals surface area contributed by atoms with Crippen molar-refractivity contribution >= 4 is 23.0 Å². The fourth-order valence-electron chi connectivity index (χ4n) is 3.52. The molecule has 0 bridgehead atoms. The molecule has 2 aliphatic rings. The van der Waals surface area contributed by atoms with Crippen LogP contribution in [-0.2, 0) is 0 Å². The highest BCUT2D eigenvalue weighted by Gasteiger charge is 2.30. The zero-order chi connectivity index (χ0) is 17.4. The van der Waals surface area contributed by atoms with Crippen LogP contribution in [0.1, 0.15) is 30.4 Å². The molecule has 2 aromatic rings. The molecule has 0 radical (unpaired) electrons. The van der Waals surface area contributed by atoms with Crippen LogP contribution >= 0.6 is 0 Å². The van der Waals surface area contributed by atoms with Gasteiger partial charge >= 0.3 is 0 Å². The number of ether oxygens (including phenoxy) is 1. The third-order valence-corrected chi connectivity index (χ3v) is 5.18. The molecule has 25 heavy (non-hydrogen) atoms. The molecule has 0 saturated heterocycles. The highest BCUT2D eigenvalue weighted by molar-refractivity contribution is 5.91. The third-order valence-electron chi connectivity index (χ3n) is 5.18. The molecule has 0 unspecified atom stereocenters. The average Bonchev–Trinajstić information content (AvgIpc) is 2.60. The van der Waals surface area contributed by atoms with E-state index in [9.17, 15) is 10.1 Å². The zero-order valence-electron chi connectivity index (χ0n) is 14.1. The number of nitro groups is 1. The van der Waals surface area contributed by atoms with Gasteiger partial charge in [-0.2, -0.15) is 0 Å². The molecule has 1 saturated carbocycles. The summed E-state index contributed by atoms with van der Waals surface area (Å²) in [5.41, 5.74) is 4.75. The second-order valence-electron chi connectivity index (χ2n) is 6.61. The molecule has 0 amide bonds. The van der Waals surface area contributed by atoms with E-state index in [2.05, 4.69) is 23.1 Å². The van der Waals surface area contributed by atoms with Gasteiger partial charge in [0.1, 0.15) is 5.75 Å². The van der Waals surface area contributed by atoms with Crippen LogP contribution in [0.5, 0.6) is 5.75 Å². The van der Waals surface area contributed by atoms with E-state index in [-0.39, 0.29) is 10.6 Å². The Hall–Kier alpha value is -2.82.